The lowest BCUT2D eigenvalue weighted by molar-refractivity contribution is 0.0697. The van der Waals surface area contributed by atoms with Crippen LogP contribution < -0.4 is 0 Å². The van der Waals surface area contributed by atoms with Crippen LogP contribution in [0.5, 0.6) is 0 Å². The highest BCUT2D eigenvalue weighted by Gasteiger charge is 2.15. The van der Waals surface area contributed by atoms with E-state index in [-0.39, 0.29) is 11.4 Å². The Balaban J connectivity index is 1.97. The Labute approximate surface area is 132 Å². The molecule has 2 heterocycles. The van der Waals surface area contributed by atoms with Gasteiger partial charge in [0.1, 0.15) is 6.10 Å². The summed E-state index contributed by atoms with van der Waals surface area (Å²) < 4.78 is 0. The van der Waals surface area contributed by atoms with Crippen molar-refractivity contribution < 1.29 is 15.0 Å². The highest BCUT2D eigenvalue weighted by Crippen LogP contribution is 2.21. The van der Waals surface area contributed by atoms with E-state index in [4.69, 9.17) is 5.11 Å². The van der Waals surface area contributed by atoms with E-state index in [1.165, 1.54) is 24.5 Å². The van der Waals surface area contributed by atoms with Gasteiger partial charge in [-0.3, -0.25) is 4.98 Å². The highest BCUT2D eigenvalue weighted by molar-refractivity contribution is 5.88. The molecule has 1 aromatic carbocycles. The van der Waals surface area contributed by atoms with E-state index in [0.29, 0.717) is 17.0 Å². The van der Waals surface area contributed by atoms with Gasteiger partial charge in [-0.25, -0.2) is 14.8 Å². The fourth-order valence-electron chi connectivity index (χ4n) is 2.14. The zero-order valence-electron chi connectivity index (χ0n) is 12.0. The quantitative estimate of drug-likeness (QED) is 0.768. The van der Waals surface area contributed by atoms with Crippen molar-refractivity contribution in [1.82, 2.24) is 15.0 Å². The van der Waals surface area contributed by atoms with Gasteiger partial charge in [-0.15, -0.1) is 0 Å². The van der Waals surface area contributed by atoms with Crippen LogP contribution in [-0.4, -0.2) is 31.1 Å². The van der Waals surface area contributed by atoms with Crippen LogP contribution in [0.4, 0.5) is 0 Å². The minimum Gasteiger partial charge on any atom is -0.478 e. The maximum absolute atomic E-state index is 11.0. The van der Waals surface area contributed by atoms with E-state index in [9.17, 15) is 9.90 Å². The van der Waals surface area contributed by atoms with Crippen molar-refractivity contribution in [3.05, 3.63) is 77.9 Å². The Morgan fingerprint density at radius 1 is 0.957 bits per heavy atom. The predicted octanol–water partition coefficient (Wildman–Crippen LogP) is 2.32. The number of pyridine rings is 1. The molecule has 0 saturated carbocycles. The summed E-state index contributed by atoms with van der Waals surface area (Å²) in [5.74, 6) is -0.802. The first-order chi connectivity index (χ1) is 11.1. The minimum atomic E-state index is -1.03. The number of carboxylic acids is 1. The molecule has 3 rings (SSSR count). The van der Waals surface area contributed by atoms with Crippen LogP contribution in [0.15, 0.2) is 60.9 Å². The molecule has 0 spiro atoms. The molecule has 0 radical (unpaired) electrons. The summed E-state index contributed by atoms with van der Waals surface area (Å²) in [5.41, 5.74) is 1.66. The van der Waals surface area contributed by atoms with Crippen LogP contribution in [0, 0.1) is 0 Å². The Hall–Kier alpha value is -3.12. The zero-order valence-corrected chi connectivity index (χ0v) is 12.0. The SMILES string of the molecule is O=C(O)c1ccnc(-c2ccnc(C(O)c3ccccc3)n2)c1. The Bertz CT molecular complexity index is 837. The van der Waals surface area contributed by atoms with Crippen molar-refractivity contribution in [2.75, 3.05) is 0 Å². The molecule has 1 unspecified atom stereocenters. The molecule has 2 aromatic heterocycles. The molecular formula is C17H13N3O3. The van der Waals surface area contributed by atoms with Gasteiger partial charge >= 0.3 is 5.97 Å². The molecule has 6 heteroatoms. The van der Waals surface area contributed by atoms with Gasteiger partial charge in [0.15, 0.2) is 5.82 Å². The highest BCUT2D eigenvalue weighted by atomic mass is 16.4. The van der Waals surface area contributed by atoms with Crippen LogP contribution >= 0.6 is 0 Å². The molecule has 0 bridgehead atoms. The smallest absolute Gasteiger partial charge is 0.335 e. The van der Waals surface area contributed by atoms with Crippen molar-refractivity contribution in [3.63, 3.8) is 0 Å². The van der Waals surface area contributed by atoms with Crippen LogP contribution in [0.25, 0.3) is 11.4 Å². The second kappa shape index (κ2) is 6.33. The number of hydrogen-bond donors (Lipinski definition) is 2. The van der Waals surface area contributed by atoms with Gasteiger partial charge in [0.25, 0.3) is 0 Å². The Kier molecular flexibility index (Phi) is 4.07. The van der Waals surface area contributed by atoms with Gasteiger partial charge in [-0.05, 0) is 23.8 Å². The van der Waals surface area contributed by atoms with E-state index in [1.54, 1.807) is 18.2 Å². The van der Waals surface area contributed by atoms with Crippen molar-refractivity contribution >= 4 is 5.97 Å². The van der Waals surface area contributed by atoms with Crippen molar-refractivity contribution in [1.29, 1.82) is 0 Å². The summed E-state index contributed by atoms with van der Waals surface area (Å²) in [6.45, 7) is 0. The number of aromatic nitrogens is 3. The van der Waals surface area contributed by atoms with Crippen molar-refractivity contribution in [2.45, 2.75) is 6.10 Å². The maximum Gasteiger partial charge on any atom is 0.335 e. The summed E-state index contributed by atoms with van der Waals surface area (Å²) in [7, 11) is 0. The number of carbonyl (C=O) groups is 1. The summed E-state index contributed by atoms with van der Waals surface area (Å²) in [5, 5.41) is 19.4. The predicted molar refractivity (Wildman–Crippen MR) is 82.7 cm³/mol. The summed E-state index contributed by atoms with van der Waals surface area (Å²) in [6.07, 6.45) is 1.96. The van der Waals surface area contributed by atoms with Crippen LogP contribution in [-0.2, 0) is 0 Å². The van der Waals surface area contributed by atoms with Gasteiger partial charge in [0.2, 0.25) is 0 Å². The van der Waals surface area contributed by atoms with Gasteiger partial charge in [0.05, 0.1) is 17.0 Å². The first kappa shape index (κ1) is 14.8. The summed E-state index contributed by atoms with van der Waals surface area (Å²) in [6, 6.07) is 13.5. The monoisotopic (exact) mass is 307 g/mol. The van der Waals surface area contributed by atoms with Crippen LogP contribution in [0.2, 0.25) is 0 Å². The number of benzene rings is 1. The van der Waals surface area contributed by atoms with E-state index >= 15 is 0 Å². The standard InChI is InChI=1S/C17H13N3O3/c21-15(11-4-2-1-3-5-11)16-19-9-7-13(20-16)14-10-12(17(22)23)6-8-18-14/h1-10,15,21H,(H,22,23). The molecule has 3 aromatic rings. The average Bonchev–Trinajstić information content (AvgIpc) is 2.62. The summed E-state index contributed by atoms with van der Waals surface area (Å²) >= 11 is 0. The number of carboxylic acid groups (broad SMARTS) is 1. The second-order valence-electron chi connectivity index (χ2n) is 4.85. The molecule has 2 N–H and O–H groups in total. The fraction of sp³-hybridized carbons (Fsp3) is 0.0588. The minimum absolute atomic E-state index is 0.124. The molecule has 114 valence electrons. The molecule has 0 aliphatic carbocycles. The third-order valence-corrected chi connectivity index (χ3v) is 3.30. The van der Waals surface area contributed by atoms with Crippen molar-refractivity contribution in [2.24, 2.45) is 0 Å². The van der Waals surface area contributed by atoms with Gasteiger partial charge in [-0.2, -0.15) is 0 Å². The number of nitrogens with zero attached hydrogens (tertiary/aromatic N) is 3. The average molecular weight is 307 g/mol. The first-order valence-electron chi connectivity index (χ1n) is 6.91. The lowest BCUT2D eigenvalue weighted by Gasteiger charge is -2.10. The molecule has 0 amide bonds. The molecule has 1 atom stereocenters. The fourth-order valence-corrected chi connectivity index (χ4v) is 2.14. The number of hydrogen-bond acceptors (Lipinski definition) is 5. The zero-order chi connectivity index (χ0) is 16.2. The number of aromatic carboxylic acids is 1. The third-order valence-electron chi connectivity index (χ3n) is 3.30. The Morgan fingerprint density at radius 2 is 1.70 bits per heavy atom. The van der Waals surface area contributed by atoms with E-state index in [0.717, 1.165) is 0 Å². The number of aliphatic hydroxyl groups is 1. The molecular weight excluding hydrogens is 294 g/mol. The van der Waals surface area contributed by atoms with E-state index in [2.05, 4.69) is 15.0 Å². The first-order valence-corrected chi connectivity index (χ1v) is 6.91. The van der Waals surface area contributed by atoms with Gasteiger partial charge in [0, 0.05) is 12.4 Å². The van der Waals surface area contributed by atoms with Gasteiger partial charge in [-0.1, -0.05) is 30.3 Å². The number of aliphatic hydroxyl groups excluding tert-OH is 1. The molecule has 0 aliphatic heterocycles. The normalized spacial score (nSPS) is 11.9. The Morgan fingerprint density at radius 3 is 2.43 bits per heavy atom. The molecule has 6 nitrogen and oxygen atoms in total. The van der Waals surface area contributed by atoms with E-state index < -0.39 is 12.1 Å². The lowest BCUT2D eigenvalue weighted by Crippen LogP contribution is -2.06. The van der Waals surface area contributed by atoms with Crippen molar-refractivity contribution in [3.8, 4) is 11.4 Å². The topological polar surface area (TPSA) is 96.2 Å². The molecule has 0 saturated heterocycles. The second-order valence-corrected chi connectivity index (χ2v) is 4.85. The molecule has 0 fully saturated rings. The third kappa shape index (κ3) is 3.22. The molecule has 23 heavy (non-hydrogen) atoms. The van der Waals surface area contributed by atoms with Crippen LogP contribution in [0.1, 0.15) is 27.8 Å². The maximum atomic E-state index is 11.0. The number of rotatable bonds is 4. The van der Waals surface area contributed by atoms with Gasteiger partial charge < -0.3 is 10.2 Å². The summed E-state index contributed by atoms with van der Waals surface area (Å²) in [4.78, 5) is 23.6. The van der Waals surface area contributed by atoms with Crippen LogP contribution in [0.3, 0.4) is 0 Å². The van der Waals surface area contributed by atoms with E-state index in [1.807, 2.05) is 18.2 Å². The molecule has 0 aliphatic rings. The lowest BCUT2D eigenvalue weighted by atomic mass is 10.1. The largest absolute Gasteiger partial charge is 0.478 e.